The van der Waals surface area contributed by atoms with Crippen LogP contribution in [0, 0.1) is 0 Å². The molecule has 50 valence electrons. The normalized spacial score (nSPS) is 17.7. The van der Waals surface area contributed by atoms with Gasteiger partial charge in [-0.2, -0.15) is 0 Å². The third-order valence-corrected chi connectivity index (χ3v) is 1.41. The Morgan fingerprint density at radius 2 is 2.56 bits per heavy atom. The molecule has 0 aromatic carbocycles. The van der Waals surface area contributed by atoms with E-state index in [1.807, 2.05) is 12.2 Å². The van der Waals surface area contributed by atoms with Crippen LogP contribution in [0.3, 0.4) is 0 Å². The quantitative estimate of drug-likeness (QED) is 0.544. The van der Waals surface area contributed by atoms with Gasteiger partial charge in [0.1, 0.15) is 0 Å². The number of hydrogen-bond acceptors (Lipinski definition) is 2. The SMILES string of the molecule is ONCC1=CC=CCC1. The molecule has 2 nitrogen and oxygen atoms in total. The van der Waals surface area contributed by atoms with E-state index in [1.54, 1.807) is 0 Å². The lowest BCUT2D eigenvalue weighted by molar-refractivity contribution is 0.176. The van der Waals surface area contributed by atoms with Gasteiger partial charge in [-0.3, -0.25) is 0 Å². The maximum atomic E-state index is 8.30. The minimum absolute atomic E-state index is 0.602. The predicted molar refractivity (Wildman–Crippen MR) is 36.2 cm³/mol. The van der Waals surface area contributed by atoms with Crippen LogP contribution in [0.15, 0.2) is 23.8 Å². The zero-order chi connectivity index (χ0) is 6.53. The summed E-state index contributed by atoms with van der Waals surface area (Å²) in [5.74, 6) is 0. The summed E-state index contributed by atoms with van der Waals surface area (Å²) in [7, 11) is 0. The van der Waals surface area contributed by atoms with E-state index in [4.69, 9.17) is 5.21 Å². The standard InChI is InChI=1S/C7H11NO/c9-8-6-7-4-2-1-3-5-7/h1-2,4,8-9H,3,5-6H2. The van der Waals surface area contributed by atoms with E-state index in [2.05, 4.69) is 11.6 Å². The Bertz CT molecular complexity index is 138. The van der Waals surface area contributed by atoms with E-state index in [-0.39, 0.29) is 0 Å². The van der Waals surface area contributed by atoms with Crippen LogP contribution in [0.25, 0.3) is 0 Å². The molecular formula is C7H11NO. The molecule has 0 amide bonds. The summed E-state index contributed by atoms with van der Waals surface area (Å²) >= 11 is 0. The Kier molecular flexibility index (Phi) is 2.48. The second-order valence-corrected chi connectivity index (χ2v) is 2.13. The van der Waals surface area contributed by atoms with Gasteiger partial charge in [0.25, 0.3) is 0 Å². The highest BCUT2D eigenvalue weighted by molar-refractivity contribution is 5.18. The zero-order valence-corrected chi connectivity index (χ0v) is 5.30. The number of hydroxylamine groups is 1. The molecule has 9 heavy (non-hydrogen) atoms. The van der Waals surface area contributed by atoms with Crippen LogP contribution in [0.2, 0.25) is 0 Å². The minimum Gasteiger partial charge on any atom is -0.317 e. The van der Waals surface area contributed by atoms with Crippen molar-refractivity contribution in [2.45, 2.75) is 12.8 Å². The maximum absolute atomic E-state index is 8.30. The van der Waals surface area contributed by atoms with Gasteiger partial charge in [-0.25, -0.2) is 5.48 Å². The Morgan fingerprint density at radius 3 is 3.11 bits per heavy atom. The first-order valence-electron chi connectivity index (χ1n) is 3.15. The van der Waals surface area contributed by atoms with Gasteiger partial charge in [0.05, 0.1) is 0 Å². The number of nitrogens with one attached hydrogen (secondary N) is 1. The van der Waals surface area contributed by atoms with Crippen molar-refractivity contribution in [3.05, 3.63) is 23.8 Å². The van der Waals surface area contributed by atoms with Gasteiger partial charge < -0.3 is 5.21 Å². The lowest BCUT2D eigenvalue weighted by Gasteiger charge is -2.05. The first-order valence-corrected chi connectivity index (χ1v) is 3.15. The first-order chi connectivity index (χ1) is 4.43. The molecule has 0 aromatic heterocycles. The van der Waals surface area contributed by atoms with Crippen LogP contribution in [-0.2, 0) is 0 Å². The zero-order valence-electron chi connectivity index (χ0n) is 5.30. The second-order valence-electron chi connectivity index (χ2n) is 2.13. The first kappa shape index (κ1) is 6.52. The highest BCUT2D eigenvalue weighted by Crippen LogP contribution is 2.09. The number of rotatable bonds is 2. The van der Waals surface area contributed by atoms with Gasteiger partial charge in [0.15, 0.2) is 0 Å². The van der Waals surface area contributed by atoms with Gasteiger partial charge >= 0.3 is 0 Å². The molecule has 0 aliphatic heterocycles. The largest absolute Gasteiger partial charge is 0.317 e. The van der Waals surface area contributed by atoms with Gasteiger partial charge in [0.2, 0.25) is 0 Å². The van der Waals surface area contributed by atoms with Crippen LogP contribution < -0.4 is 5.48 Å². The van der Waals surface area contributed by atoms with E-state index in [9.17, 15) is 0 Å². The molecule has 0 saturated carbocycles. The molecule has 0 spiro atoms. The Morgan fingerprint density at radius 1 is 1.67 bits per heavy atom. The molecule has 0 unspecified atom stereocenters. The van der Waals surface area contributed by atoms with Crippen LogP contribution in [0.4, 0.5) is 0 Å². The average molecular weight is 125 g/mol. The predicted octanol–water partition coefficient (Wildman–Crippen LogP) is 1.24. The number of hydrogen-bond donors (Lipinski definition) is 2. The van der Waals surface area contributed by atoms with Crippen LogP contribution >= 0.6 is 0 Å². The van der Waals surface area contributed by atoms with Crippen molar-refractivity contribution in [3.8, 4) is 0 Å². The van der Waals surface area contributed by atoms with E-state index < -0.39 is 0 Å². The fraction of sp³-hybridized carbons (Fsp3) is 0.429. The van der Waals surface area contributed by atoms with Crippen LogP contribution in [-0.4, -0.2) is 11.8 Å². The third-order valence-electron chi connectivity index (χ3n) is 1.41. The highest BCUT2D eigenvalue weighted by Gasteiger charge is 1.96. The summed E-state index contributed by atoms with van der Waals surface area (Å²) in [6.45, 7) is 0.602. The molecule has 2 N–H and O–H groups in total. The van der Waals surface area contributed by atoms with Crippen molar-refractivity contribution in [3.63, 3.8) is 0 Å². The fourth-order valence-corrected chi connectivity index (χ4v) is 0.901. The molecule has 0 aromatic rings. The van der Waals surface area contributed by atoms with Crippen molar-refractivity contribution < 1.29 is 5.21 Å². The molecule has 0 heterocycles. The molecule has 0 bridgehead atoms. The van der Waals surface area contributed by atoms with E-state index >= 15 is 0 Å². The monoisotopic (exact) mass is 125 g/mol. The highest BCUT2D eigenvalue weighted by atomic mass is 16.5. The van der Waals surface area contributed by atoms with Gasteiger partial charge in [-0.15, -0.1) is 0 Å². The second kappa shape index (κ2) is 3.43. The van der Waals surface area contributed by atoms with Gasteiger partial charge in [-0.05, 0) is 12.8 Å². The maximum Gasteiger partial charge on any atom is 0.0420 e. The summed E-state index contributed by atoms with van der Waals surface area (Å²) in [4.78, 5) is 0. The lowest BCUT2D eigenvalue weighted by Crippen LogP contribution is -2.11. The van der Waals surface area contributed by atoms with E-state index in [0.29, 0.717) is 6.54 Å². The molecular weight excluding hydrogens is 114 g/mol. The third kappa shape index (κ3) is 2.00. The summed E-state index contributed by atoms with van der Waals surface area (Å²) in [5.41, 5.74) is 3.40. The smallest absolute Gasteiger partial charge is 0.0420 e. The van der Waals surface area contributed by atoms with Crippen molar-refractivity contribution in [1.82, 2.24) is 5.48 Å². The van der Waals surface area contributed by atoms with Crippen LogP contribution in [0.1, 0.15) is 12.8 Å². The minimum atomic E-state index is 0.602. The lowest BCUT2D eigenvalue weighted by atomic mass is 10.1. The molecule has 2 heteroatoms. The molecule has 1 aliphatic carbocycles. The summed E-state index contributed by atoms with van der Waals surface area (Å²) < 4.78 is 0. The summed E-state index contributed by atoms with van der Waals surface area (Å²) in [5, 5.41) is 8.30. The van der Waals surface area contributed by atoms with Crippen molar-refractivity contribution in [2.75, 3.05) is 6.54 Å². The molecule has 0 saturated heterocycles. The van der Waals surface area contributed by atoms with E-state index in [0.717, 1.165) is 12.8 Å². The van der Waals surface area contributed by atoms with Crippen molar-refractivity contribution >= 4 is 0 Å². The van der Waals surface area contributed by atoms with Gasteiger partial charge in [-0.1, -0.05) is 23.8 Å². The molecule has 1 aliphatic rings. The van der Waals surface area contributed by atoms with Crippen LogP contribution in [0.5, 0.6) is 0 Å². The van der Waals surface area contributed by atoms with Crippen molar-refractivity contribution in [2.24, 2.45) is 0 Å². The fourth-order valence-electron chi connectivity index (χ4n) is 0.901. The van der Waals surface area contributed by atoms with Crippen molar-refractivity contribution in [1.29, 1.82) is 0 Å². The molecule has 0 atom stereocenters. The summed E-state index contributed by atoms with van der Waals surface area (Å²) in [6, 6.07) is 0. The molecule has 0 fully saturated rings. The Hall–Kier alpha value is -0.600. The number of allylic oxidation sites excluding steroid dienone is 3. The molecule has 1 rings (SSSR count). The Labute approximate surface area is 54.8 Å². The van der Waals surface area contributed by atoms with Gasteiger partial charge in [0, 0.05) is 6.54 Å². The van der Waals surface area contributed by atoms with E-state index in [1.165, 1.54) is 5.57 Å². The average Bonchev–Trinajstić information content (AvgIpc) is 1.91. The summed E-state index contributed by atoms with van der Waals surface area (Å²) in [6.07, 6.45) is 8.36. The topological polar surface area (TPSA) is 32.3 Å². The molecule has 0 radical (unpaired) electrons. The Balaban J connectivity index is 2.38.